The van der Waals surface area contributed by atoms with Crippen molar-refractivity contribution in [3.63, 3.8) is 0 Å². The molecule has 1 heterocycles. The minimum absolute atomic E-state index is 0.0444. The summed E-state index contributed by atoms with van der Waals surface area (Å²) in [5.41, 5.74) is 0.645. The number of nitro groups is 1. The van der Waals surface area contributed by atoms with Crippen molar-refractivity contribution in [3.8, 4) is 5.75 Å². The van der Waals surface area contributed by atoms with Crippen molar-refractivity contribution in [2.75, 3.05) is 12.4 Å². The first kappa shape index (κ1) is 14.8. The van der Waals surface area contributed by atoms with E-state index >= 15 is 0 Å². The molecule has 0 bridgehead atoms. The molecular weight excluding hydrogens is 344 g/mol. The van der Waals surface area contributed by atoms with Gasteiger partial charge >= 0.3 is 5.69 Å². The Labute approximate surface area is 128 Å². The molecular formula is C13H13BrN2O3S. The minimum atomic E-state index is -0.448. The zero-order valence-electron chi connectivity index (χ0n) is 10.9. The maximum Gasteiger partial charge on any atom is 0.312 e. The van der Waals surface area contributed by atoms with Gasteiger partial charge in [-0.15, -0.1) is 11.3 Å². The Balaban J connectivity index is 2.21. The molecule has 0 saturated carbocycles. The highest BCUT2D eigenvalue weighted by Crippen LogP contribution is 2.32. The fourth-order valence-corrected chi connectivity index (χ4v) is 3.25. The number of rotatable bonds is 5. The molecule has 20 heavy (non-hydrogen) atoms. The van der Waals surface area contributed by atoms with Crippen molar-refractivity contribution in [1.82, 2.24) is 0 Å². The molecule has 0 spiro atoms. The third kappa shape index (κ3) is 3.29. The van der Waals surface area contributed by atoms with Crippen molar-refractivity contribution >= 4 is 38.6 Å². The first-order valence-electron chi connectivity index (χ1n) is 5.84. The number of hydrogen-bond donors (Lipinski definition) is 1. The van der Waals surface area contributed by atoms with Gasteiger partial charge < -0.3 is 10.1 Å². The van der Waals surface area contributed by atoms with E-state index in [1.165, 1.54) is 13.2 Å². The molecule has 0 fully saturated rings. The molecule has 2 rings (SSSR count). The van der Waals surface area contributed by atoms with Gasteiger partial charge in [-0.05, 0) is 41.1 Å². The predicted molar refractivity (Wildman–Crippen MR) is 83.7 cm³/mol. The van der Waals surface area contributed by atoms with E-state index in [1.54, 1.807) is 23.5 Å². The Kier molecular flexibility index (Phi) is 4.61. The SMILES string of the molecule is COc1ccc(NC(C)c2cc(Br)cs2)cc1[N+](=O)[O-]. The van der Waals surface area contributed by atoms with Crippen LogP contribution in [0.25, 0.3) is 0 Å². The second-order valence-electron chi connectivity index (χ2n) is 4.18. The lowest BCUT2D eigenvalue weighted by Gasteiger charge is -2.14. The van der Waals surface area contributed by atoms with Gasteiger partial charge in [-0.25, -0.2) is 0 Å². The number of anilines is 1. The van der Waals surface area contributed by atoms with Gasteiger partial charge in [0.25, 0.3) is 0 Å². The molecule has 0 aliphatic heterocycles. The van der Waals surface area contributed by atoms with Crippen LogP contribution in [0.5, 0.6) is 5.75 Å². The van der Waals surface area contributed by atoms with Crippen molar-refractivity contribution in [2.45, 2.75) is 13.0 Å². The summed E-state index contributed by atoms with van der Waals surface area (Å²) >= 11 is 5.04. The number of hydrogen-bond acceptors (Lipinski definition) is 5. The third-order valence-corrected chi connectivity index (χ3v) is 4.65. The van der Waals surface area contributed by atoms with Crippen LogP contribution in [0.3, 0.4) is 0 Å². The number of halogens is 1. The first-order valence-corrected chi connectivity index (χ1v) is 7.51. The Morgan fingerprint density at radius 1 is 1.45 bits per heavy atom. The zero-order chi connectivity index (χ0) is 14.7. The fraction of sp³-hybridized carbons (Fsp3) is 0.231. The second kappa shape index (κ2) is 6.23. The fourth-order valence-electron chi connectivity index (χ4n) is 1.80. The number of nitro benzene ring substituents is 1. The number of thiophene rings is 1. The number of ether oxygens (including phenoxy) is 1. The minimum Gasteiger partial charge on any atom is -0.490 e. The largest absolute Gasteiger partial charge is 0.490 e. The van der Waals surface area contributed by atoms with Gasteiger partial charge in [0, 0.05) is 26.5 Å². The Morgan fingerprint density at radius 3 is 2.75 bits per heavy atom. The first-order chi connectivity index (χ1) is 9.51. The highest BCUT2D eigenvalue weighted by Gasteiger charge is 2.16. The van der Waals surface area contributed by atoms with Crippen LogP contribution < -0.4 is 10.1 Å². The van der Waals surface area contributed by atoms with Crippen LogP contribution in [0.15, 0.2) is 34.1 Å². The summed E-state index contributed by atoms with van der Waals surface area (Å²) in [6, 6.07) is 6.94. The topological polar surface area (TPSA) is 64.4 Å². The number of benzene rings is 1. The highest BCUT2D eigenvalue weighted by atomic mass is 79.9. The summed E-state index contributed by atoms with van der Waals surface area (Å²) in [5.74, 6) is 0.257. The smallest absolute Gasteiger partial charge is 0.312 e. The van der Waals surface area contributed by atoms with Crippen LogP contribution >= 0.6 is 27.3 Å². The van der Waals surface area contributed by atoms with Gasteiger partial charge in [0.05, 0.1) is 18.1 Å². The summed E-state index contributed by atoms with van der Waals surface area (Å²) in [7, 11) is 1.42. The normalized spacial score (nSPS) is 11.9. The van der Waals surface area contributed by atoms with E-state index in [2.05, 4.69) is 21.2 Å². The molecule has 0 saturated heterocycles. The summed E-state index contributed by atoms with van der Waals surface area (Å²) in [6.45, 7) is 2.01. The standard InChI is InChI=1S/C13H13BrN2O3S/c1-8(13-5-9(14)7-20-13)15-10-3-4-12(19-2)11(6-10)16(17)18/h3-8,15H,1-2H3. The molecule has 2 aromatic rings. The molecule has 1 unspecified atom stereocenters. The van der Waals surface area contributed by atoms with E-state index in [9.17, 15) is 10.1 Å². The summed E-state index contributed by atoms with van der Waals surface area (Å²) in [6.07, 6.45) is 0. The Hall–Kier alpha value is -1.60. The average molecular weight is 357 g/mol. The van der Waals surface area contributed by atoms with Gasteiger partial charge in [0.1, 0.15) is 0 Å². The highest BCUT2D eigenvalue weighted by molar-refractivity contribution is 9.10. The molecule has 1 aromatic heterocycles. The van der Waals surface area contributed by atoms with Gasteiger partial charge in [0.2, 0.25) is 0 Å². The Morgan fingerprint density at radius 2 is 2.20 bits per heavy atom. The van der Waals surface area contributed by atoms with E-state index < -0.39 is 4.92 Å². The van der Waals surface area contributed by atoms with Crippen LogP contribution in [0, 0.1) is 10.1 Å². The van der Waals surface area contributed by atoms with Crippen LogP contribution in [0.4, 0.5) is 11.4 Å². The average Bonchev–Trinajstić information content (AvgIpc) is 2.85. The molecule has 106 valence electrons. The van der Waals surface area contributed by atoms with Gasteiger partial charge in [0.15, 0.2) is 5.75 Å². The van der Waals surface area contributed by atoms with Crippen LogP contribution in [-0.4, -0.2) is 12.0 Å². The van der Waals surface area contributed by atoms with Crippen molar-refractivity contribution < 1.29 is 9.66 Å². The summed E-state index contributed by atoms with van der Waals surface area (Å²) < 4.78 is 6.02. The zero-order valence-corrected chi connectivity index (χ0v) is 13.3. The van der Waals surface area contributed by atoms with Gasteiger partial charge in [-0.2, -0.15) is 0 Å². The van der Waals surface area contributed by atoms with Crippen LogP contribution in [-0.2, 0) is 0 Å². The van der Waals surface area contributed by atoms with Crippen LogP contribution in [0.1, 0.15) is 17.8 Å². The lowest BCUT2D eigenvalue weighted by molar-refractivity contribution is -0.385. The monoisotopic (exact) mass is 356 g/mol. The van der Waals surface area contributed by atoms with Gasteiger partial charge in [-0.3, -0.25) is 10.1 Å². The number of methoxy groups -OCH3 is 1. The lowest BCUT2D eigenvalue weighted by Crippen LogP contribution is -2.05. The summed E-state index contributed by atoms with van der Waals surface area (Å²) in [5, 5.41) is 16.2. The predicted octanol–water partition coefficient (Wildman–Crippen LogP) is 4.60. The lowest BCUT2D eigenvalue weighted by atomic mass is 10.2. The Bertz CT molecular complexity index is 630. The quantitative estimate of drug-likeness (QED) is 0.627. The van der Waals surface area contributed by atoms with Crippen molar-refractivity contribution in [1.29, 1.82) is 0 Å². The molecule has 7 heteroatoms. The van der Waals surface area contributed by atoms with Crippen LogP contribution in [0.2, 0.25) is 0 Å². The maximum absolute atomic E-state index is 11.0. The van der Waals surface area contributed by atoms with E-state index in [0.29, 0.717) is 5.69 Å². The van der Waals surface area contributed by atoms with E-state index in [1.807, 2.05) is 18.4 Å². The third-order valence-electron chi connectivity index (χ3n) is 2.77. The molecule has 5 nitrogen and oxygen atoms in total. The van der Waals surface area contributed by atoms with E-state index in [4.69, 9.17) is 4.74 Å². The molecule has 1 N–H and O–H groups in total. The van der Waals surface area contributed by atoms with Crippen molar-refractivity contribution in [3.05, 3.63) is 49.1 Å². The van der Waals surface area contributed by atoms with Gasteiger partial charge in [-0.1, -0.05) is 0 Å². The molecule has 0 aliphatic rings. The molecule has 0 aliphatic carbocycles. The number of nitrogens with one attached hydrogen (secondary N) is 1. The molecule has 0 amide bonds. The van der Waals surface area contributed by atoms with E-state index in [-0.39, 0.29) is 17.5 Å². The van der Waals surface area contributed by atoms with E-state index in [0.717, 1.165) is 9.35 Å². The van der Waals surface area contributed by atoms with Crippen molar-refractivity contribution in [2.24, 2.45) is 0 Å². The molecule has 1 atom stereocenters. The second-order valence-corrected chi connectivity index (χ2v) is 6.04. The molecule has 1 aromatic carbocycles. The maximum atomic E-state index is 11.0. The summed E-state index contributed by atoms with van der Waals surface area (Å²) in [4.78, 5) is 11.7. The molecule has 0 radical (unpaired) electrons. The number of nitrogens with zero attached hydrogens (tertiary/aromatic N) is 1.